The number of aryl methyl sites for hydroxylation is 2. The highest BCUT2D eigenvalue weighted by molar-refractivity contribution is 7.92. The molecule has 0 fully saturated rings. The Labute approximate surface area is 263 Å². The van der Waals surface area contributed by atoms with Crippen LogP contribution in [0.1, 0.15) is 22.3 Å². The number of hydrogen-bond donors (Lipinski definition) is 1. The zero-order valence-corrected chi connectivity index (χ0v) is 26.5. The average Bonchev–Trinajstić information content (AvgIpc) is 2.99. The predicted molar refractivity (Wildman–Crippen MR) is 172 cm³/mol. The largest absolute Gasteiger partial charge is 0.357 e. The maximum atomic E-state index is 14.3. The fraction of sp³-hybridized carbons (Fsp3) is 0.212. The predicted octanol–water partition coefficient (Wildman–Crippen LogP) is 6.19. The van der Waals surface area contributed by atoms with Gasteiger partial charge in [-0.15, -0.1) is 0 Å². The summed E-state index contributed by atoms with van der Waals surface area (Å²) in [7, 11) is -2.69. The van der Waals surface area contributed by atoms with Crippen molar-refractivity contribution in [3.63, 3.8) is 0 Å². The highest BCUT2D eigenvalue weighted by Crippen LogP contribution is 2.30. The Morgan fingerprint density at radius 1 is 0.814 bits per heavy atom. The number of carbonyl (C=O) groups is 2. The minimum absolute atomic E-state index is 0.0386. The molecule has 0 unspecified atom stereocenters. The zero-order valence-electron chi connectivity index (χ0n) is 24.1. The van der Waals surface area contributed by atoms with Crippen LogP contribution in [-0.4, -0.2) is 44.8 Å². The van der Waals surface area contributed by atoms with Crippen LogP contribution in [-0.2, 0) is 32.6 Å². The molecule has 43 heavy (non-hydrogen) atoms. The summed E-state index contributed by atoms with van der Waals surface area (Å²) < 4.78 is 29.3. The van der Waals surface area contributed by atoms with Gasteiger partial charge in [-0.05, 0) is 73.0 Å². The molecule has 0 aliphatic rings. The Kier molecular flexibility index (Phi) is 10.5. The van der Waals surface area contributed by atoms with Crippen molar-refractivity contribution < 1.29 is 18.0 Å². The van der Waals surface area contributed by atoms with Crippen LogP contribution in [0.5, 0.6) is 0 Å². The van der Waals surface area contributed by atoms with Crippen molar-refractivity contribution in [2.45, 2.75) is 37.8 Å². The number of nitrogens with zero attached hydrogens (tertiary/aromatic N) is 2. The first-order valence-corrected chi connectivity index (χ1v) is 15.8. The molecular formula is C33H33Cl2N3O4S. The molecule has 1 atom stereocenters. The molecule has 2 amide bonds. The molecule has 4 aromatic rings. The summed E-state index contributed by atoms with van der Waals surface area (Å²) in [5.74, 6) is -0.925. The molecule has 4 aromatic carbocycles. The smallest absolute Gasteiger partial charge is 0.264 e. The van der Waals surface area contributed by atoms with E-state index in [4.69, 9.17) is 23.2 Å². The molecule has 10 heteroatoms. The molecule has 0 bridgehead atoms. The topological polar surface area (TPSA) is 86.8 Å². The molecule has 0 aliphatic carbocycles. The van der Waals surface area contributed by atoms with Gasteiger partial charge in [-0.25, -0.2) is 8.42 Å². The summed E-state index contributed by atoms with van der Waals surface area (Å²) in [6.45, 7) is 3.10. The molecule has 0 radical (unpaired) electrons. The van der Waals surface area contributed by atoms with Crippen LogP contribution < -0.4 is 9.62 Å². The normalized spacial score (nSPS) is 11.9. The number of rotatable bonds is 11. The summed E-state index contributed by atoms with van der Waals surface area (Å²) in [5, 5.41) is 3.64. The van der Waals surface area contributed by atoms with Crippen LogP contribution in [0.2, 0.25) is 10.0 Å². The fourth-order valence-corrected chi connectivity index (χ4v) is 6.59. The van der Waals surface area contributed by atoms with Crippen LogP contribution in [0.15, 0.2) is 102 Å². The van der Waals surface area contributed by atoms with Gasteiger partial charge in [0.25, 0.3) is 10.0 Å². The van der Waals surface area contributed by atoms with E-state index in [1.165, 1.54) is 24.1 Å². The summed E-state index contributed by atoms with van der Waals surface area (Å²) in [6, 6.07) is 26.6. The number of sulfonamides is 1. The Bertz CT molecular complexity index is 1680. The zero-order chi connectivity index (χ0) is 31.1. The van der Waals surface area contributed by atoms with Gasteiger partial charge in [0.1, 0.15) is 12.6 Å². The van der Waals surface area contributed by atoms with Crippen molar-refractivity contribution in [3.05, 3.63) is 129 Å². The van der Waals surface area contributed by atoms with E-state index in [1.807, 2.05) is 37.3 Å². The third kappa shape index (κ3) is 7.96. The highest BCUT2D eigenvalue weighted by atomic mass is 35.5. The molecule has 224 valence electrons. The van der Waals surface area contributed by atoms with E-state index in [1.54, 1.807) is 61.5 Å². The second kappa shape index (κ2) is 14.1. The van der Waals surface area contributed by atoms with Gasteiger partial charge in [0.05, 0.1) is 10.6 Å². The van der Waals surface area contributed by atoms with E-state index in [9.17, 15) is 18.0 Å². The number of amides is 2. The maximum absolute atomic E-state index is 14.3. The van der Waals surface area contributed by atoms with E-state index in [0.717, 1.165) is 21.0 Å². The molecule has 1 N–H and O–H groups in total. The Morgan fingerprint density at radius 3 is 2.05 bits per heavy atom. The van der Waals surface area contributed by atoms with E-state index < -0.39 is 28.5 Å². The van der Waals surface area contributed by atoms with Crippen LogP contribution >= 0.6 is 23.2 Å². The van der Waals surface area contributed by atoms with Crippen molar-refractivity contribution >= 4 is 50.7 Å². The number of carbonyl (C=O) groups excluding carboxylic acids is 2. The standard InChI is InChI=1S/C33H33Cl2N3O4S/c1-23-9-16-29(17-10-23)43(41,42)38(30-18-15-28(35)19-24(30)2)22-32(39)37(21-26-11-13-27(34)14-12-26)31(33(40)36-3)20-25-7-5-4-6-8-25/h4-19,31H,20-22H2,1-3H3,(H,36,40)/t31-/m0/s1. The van der Waals surface area contributed by atoms with E-state index in [-0.39, 0.29) is 23.8 Å². The third-order valence-corrected chi connectivity index (χ3v) is 9.36. The summed E-state index contributed by atoms with van der Waals surface area (Å²) in [4.78, 5) is 29.1. The lowest BCUT2D eigenvalue weighted by atomic mass is 10.0. The van der Waals surface area contributed by atoms with Crippen LogP contribution in [0.3, 0.4) is 0 Å². The minimum Gasteiger partial charge on any atom is -0.357 e. The first-order valence-electron chi connectivity index (χ1n) is 13.6. The van der Waals surface area contributed by atoms with Gasteiger partial charge in [0, 0.05) is 30.1 Å². The first-order chi connectivity index (χ1) is 20.5. The molecule has 0 spiro atoms. The van der Waals surface area contributed by atoms with Gasteiger partial charge in [-0.3, -0.25) is 13.9 Å². The number of nitrogens with one attached hydrogen (secondary N) is 1. The van der Waals surface area contributed by atoms with Gasteiger partial charge in [-0.2, -0.15) is 0 Å². The lowest BCUT2D eigenvalue weighted by Crippen LogP contribution is -2.53. The lowest BCUT2D eigenvalue weighted by Gasteiger charge is -2.34. The Morgan fingerprint density at radius 2 is 1.44 bits per heavy atom. The third-order valence-electron chi connectivity index (χ3n) is 7.10. The molecule has 4 rings (SSSR count). The van der Waals surface area contributed by atoms with E-state index >= 15 is 0 Å². The van der Waals surface area contributed by atoms with Gasteiger partial charge >= 0.3 is 0 Å². The summed E-state index contributed by atoms with van der Waals surface area (Å²) in [5.41, 5.74) is 3.36. The number of likely N-dealkylation sites (N-methyl/N-ethyl adjacent to an activating group) is 1. The van der Waals surface area contributed by atoms with Crippen LogP contribution in [0, 0.1) is 13.8 Å². The monoisotopic (exact) mass is 637 g/mol. The van der Waals surface area contributed by atoms with Crippen LogP contribution in [0.25, 0.3) is 0 Å². The molecule has 0 aliphatic heterocycles. The summed E-state index contributed by atoms with van der Waals surface area (Å²) >= 11 is 12.3. The van der Waals surface area contributed by atoms with Crippen molar-refractivity contribution in [3.8, 4) is 0 Å². The van der Waals surface area contributed by atoms with E-state index in [0.29, 0.717) is 21.3 Å². The van der Waals surface area contributed by atoms with Gasteiger partial charge in [-0.1, -0.05) is 83.4 Å². The van der Waals surface area contributed by atoms with Gasteiger partial charge in [0.2, 0.25) is 11.8 Å². The quantitative estimate of drug-likeness (QED) is 0.212. The number of hydrogen-bond acceptors (Lipinski definition) is 4. The molecule has 7 nitrogen and oxygen atoms in total. The number of anilines is 1. The fourth-order valence-electron chi connectivity index (χ4n) is 4.76. The molecule has 0 saturated carbocycles. The Balaban J connectivity index is 1.81. The number of halogens is 2. The maximum Gasteiger partial charge on any atom is 0.264 e. The SMILES string of the molecule is CNC(=O)[C@H](Cc1ccccc1)N(Cc1ccc(Cl)cc1)C(=O)CN(c1ccc(Cl)cc1C)S(=O)(=O)c1ccc(C)cc1. The molecule has 0 saturated heterocycles. The van der Waals surface area contributed by atoms with Crippen molar-refractivity contribution in [1.29, 1.82) is 0 Å². The van der Waals surface area contributed by atoms with Crippen LogP contribution in [0.4, 0.5) is 5.69 Å². The van der Waals surface area contributed by atoms with Gasteiger partial charge in [0.15, 0.2) is 0 Å². The molecular weight excluding hydrogens is 605 g/mol. The van der Waals surface area contributed by atoms with Gasteiger partial charge < -0.3 is 10.2 Å². The van der Waals surface area contributed by atoms with Crippen molar-refractivity contribution in [2.75, 3.05) is 17.9 Å². The average molecular weight is 639 g/mol. The first kappa shape index (κ1) is 32.1. The Hall–Kier alpha value is -3.85. The molecule has 0 heterocycles. The minimum atomic E-state index is -4.20. The van der Waals surface area contributed by atoms with E-state index in [2.05, 4.69) is 5.32 Å². The number of benzene rings is 4. The highest BCUT2D eigenvalue weighted by Gasteiger charge is 2.34. The second-order valence-electron chi connectivity index (χ2n) is 10.2. The lowest BCUT2D eigenvalue weighted by molar-refractivity contribution is -0.139. The molecule has 0 aromatic heterocycles. The van der Waals surface area contributed by atoms with Crippen molar-refractivity contribution in [2.24, 2.45) is 0 Å². The van der Waals surface area contributed by atoms with Crippen molar-refractivity contribution in [1.82, 2.24) is 10.2 Å². The summed E-state index contributed by atoms with van der Waals surface area (Å²) in [6.07, 6.45) is 0.227. The second-order valence-corrected chi connectivity index (χ2v) is 13.0.